The maximum atomic E-state index is 2.41. The summed E-state index contributed by atoms with van der Waals surface area (Å²) in [6, 6.07) is 3.25. The van der Waals surface area contributed by atoms with E-state index in [0.717, 1.165) is 0 Å². The van der Waals surface area contributed by atoms with Gasteiger partial charge < -0.3 is 0 Å². The quantitative estimate of drug-likeness (QED) is 0.302. The van der Waals surface area contributed by atoms with E-state index in [1.165, 1.54) is 69.0 Å². The number of hydrogen-bond acceptors (Lipinski definition) is 0. The Morgan fingerprint density at radius 1 is 0.667 bits per heavy atom. The second kappa shape index (κ2) is 15.7. The summed E-state index contributed by atoms with van der Waals surface area (Å²) in [6.07, 6.45) is 14.7. The van der Waals surface area contributed by atoms with Crippen LogP contribution in [0.2, 0.25) is 18.6 Å². The first kappa shape index (κ1) is 18.7. The molecule has 0 atom stereocenters. The number of unbranched alkanes of at least 4 members (excludes halogenated alkanes) is 8. The Labute approximate surface area is 123 Å². The van der Waals surface area contributed by atoms with Crippen molar-refractivity contribution in [2.75, 3.05) is 0 Å². The molecule has 0 unspecified atom stereocenters. The molecule has 18 heavy (non-hydrogen) atoms. The summed E-state index contributed by atoms with van der Waals surface area (Å²) in [4.78, 5) is 0. The fourth-order valence-electron chi connectivity index (χ4n) is 2.31. The molecule has 0 spiro atoms. The first-order valence-corrected chi connectivity index (χ1v) is 14.5. The molecule has 0 N–H and O–H groups in total. The van der Waals surface area contributed by atoms with Gasteiger partial charge in [-0.3, -0.25) is 0 Å². The maximum Gasteiger partial charge on any atom is 0.0306 e. The van der Waals surface area contributed by atoms with Crippen molar-refractivity contribution in [3.63, 3.8) is 0 Å². The van der Waals surface area contributed by atoms with Crippen molar-refractivity contribution in [1.29, 1.82) is 0 Å². The summed E-state index contributed by atoms with van der Waals surface area (Å²) >= 11 is 0. The maximum absolute atomic E-state index is 2.41. The highest BCUT2D eigenvalue weighted by molar-refractivity contribution is 7.35. The van der Waals surface area contributed by atoms with Gasteiger partial charge in [0.1, 0.15) is 0 Å². The van der Waals surface area contributed by atoms with Gasteiger partial charge in [-0.25, -0.2) is 0 Å². The Bertz CT molecular complexity index is 137. The van der Waals surface area contributed by atoms with E-state index in [4.69, 9.17) is 0 Å². The predicted octanol–water partition coefficient (Wildman–Crippen LogP) is 5.29. The summed E-state index contributed by atoms with van der Waals surface area (Å²) in [7, 11) is 2.67. The zero-order chi connectivity index (χ0) is 13.5. The lowest BCUT2D eigenvalue weighted by Gasteiger charge is -2.13. The molecule has 0 nitrogen and oxygen atoms in total. The van der Waals surface area contributed by atoms with Crippen LogP contribution in [0.25, 0.3) is 0 Å². The van der Waals surface area contributed by atoms with E-state index >= 15 is 0 Å². The van der Waals surface area contributed by atoms with E-state index < -0.39 is 0 Å². The lowest BCUT2D eigenvalue weighted by molar-refractivity contribution is 0.647. The number of rotatable bonds is 14. The van der Waals surface area contributed by atoms with E-state index in [2.05, 4.69) is 20.4 Å². The average molecular weight is 298 g/mol. The Kier molecular flexibility index (Phi) is 16.3. The average Bonchev–Trinajstić information content (AvgIpc) is 2.38. The lowest BCUT2D eigenvalue weighted by atomic mass is 10.2. The van der Waals surface area contributed by atoms with Crippen LogP contribution >= 0.6 is 0 Å². The standard InChI is InChI=1S/C15H33Si3/c1-4-6-8-10-12-14-18(17-16-3)15-13-11-9-7-5-2/h4-15H2,1-3H3. The second-order valence-corrected chi connectivity index (χ2v) is 14.9. The molecule has 105 valence electrons. The van der Waals surface area contributed by atoms with Gasteiger partial charge in [-0.05, 0) is 0 Å². The molecule has 0 saturated heterocycles. The molecule has 0 bridgehead atoms. The zero-order valence-electron chi connectivity index (χ0n) is 13.0. The molecule has 0 aliphatic rings. The van der Waals surface area contributed by atoms with E-state index in [-0.39, 0.29) is 8.31 Å². The van der Waals surface area contributed by atoms with Gasteiger partial charge in [-0.15, -0.1) is 0 Å². The third kappa shape index (κ3) is 13.1. The van der Waals surface area contributed by atoms with Gasteiger partial charge >= 0.3 is 0 Å². The Hall–Kier alpha value is 0.651. The van der Waals surface area contributed by atoms with E-state index in [1.54, 1.807) is 24.9 Å². The molecule has 0 rings (SSSR count). The third-order valence-corrected chi connectivity index (χ3v) is 14.7. The summed E-state index contributed by atoms with van der Waals surface area (Å²) in [6.45, 7) is 7.04. The molecular weight excluding hydrogens is 264 g/mol. The van der Waals surface area contributed by atoms with Gasteiger partial charge in [-0.2, -0.15) is 0 Å². The largest absolute Gasteiger partial charge is 0.0761 e. The molecule has 0 aromatic heterocycles. The van der Waals surface area contributed by atoms with Gasteiger partial charge in [0.05, 0.1) is 0 Å². The smallest absolute Gasteiger partial charge is 0.0306 e. The first-order valence-electron chi connectivity index (χ1n) is 8.12. The van der Waals surface area contributed by atoms with Gasteiger partial charge in [0.25, 0.3) is 0 Å². The molecule has 3 heteroatoms. The third-order valence-electron chi connectivity index (χ3n) is 3.47. The van der Waals surface area contributed by atoms with Crippen LogP contribution in [-0.2, 0) is 0 Å². The first-order chi connectivity index (χ1) is 8.85. The van der Waals surface area contributed by atoms with Crippen LogP contribution in [0, 0.1) is 0 Å². The van der Waals surface area contributed by atoms with Gasteiger partial charge in [0, 0.05) is 25.9 Å². The van der Waals surface area contributed by atoms with Crippen molar-refractivity contribution < 1.29 is 0 Å². The van der Waals surface area contributed by atoms with Crippen molar-refractivity contribution in [2.24, 2.45) is 0 Å². The van der Waals surface area contributed by atoms with Crippen LogP contribution in [0.5, 0.6) is 0 Å². The summed E-state index contributed by atoms with van der Waals surface area (Å²) in [5.41, 5.74) is 0. The van der Waals surface area contributed by atoms with Crippen LogP contribution in [0.4, 0.5) is 0 Å². The van der Waals surface area contributed by atoms with Crippen molar-refractivity contribution in [1.82, 2.24) is 0 Å². The zero-order valence-corrected chi connectivity index (χ0v) is 16.0. The summed E-state index contributed by atoms with van der Waals surface area (Å²) in [5, 5.41) is 0. The molecule has 0 aromatic carbocycles. The fraction of sp³-hybridized carbons (Fsp3) is 1.00. The van der Waals surface area contributed by atoms with Crippen molar-refractivity contribution >= 4 is 25.9 Å². The van der Waals surface area contributed by atoms with Crippen LogP contribution in [0.3, 0.4) is 0 Å². The predicted molar refractivity (Wildman–Crippen MR) is 90.3 cm³/mol. The molecule has 0 saturated carbocycles. The number of hydrogen-bond donors (Lipinski definition) is 0. The van der Waals surface area contributed by atoms with Crippen molar-refractivity contribution in [3.05, 3.63) is 0 Å². The van der Waals surface area contributed by atoms with E-state index in [0.29, 0.717) is 0 Å². The van der Waals surface area contributed by atoms with Crippen molar-refractivity contribution in [2.45, 2.75) is 96.7 Å². The van der Waals surface area contributed by atoms with Gasteiger partial charge in [-0.1, -0.05) is 96.7 Å². The van der Waals surface area contributed by atoms with Crippen LogP contribution < -0.4 is 0 Å². The molecule has 0 amide bonds. The SMILES string of the molecule is CCCCCCC[Si](CCCCCCC)[Si][Si]C. The summed E-state index contributed by atoms with van der Waals surface area (Å²) in [5.74, 6) is 0. The molecule has 0 heterocycles. The summed E-state index contributed by atoms with van der Waals surface area (Å²) < 4.78 is 0. The van der Waals surface area contributed by atoms with Gasteiger partial charge in [0.2, 0.25) is 0 Å². The Morgan fingerprint density at radius 3 is 1.50 bits per heavy atom. The monoisotopic (exact) mass is 297 g/mol. The highest BCUT2D eigenvalue weighted by Gasteiger charge is 2.09. The van der Waals surface area contributed by atoms with Crippen molar-refractivity contribution in [3.8, 4) is 0 Å². The molecule has 0 fully saturated rings. The second-order valence-electron chi connectivity index (χ2n) is 5.31. The minimum atomic E-state index is 0.0704. The van der Waals surface area contributed by atoms with Gasteiger partial charge in [0.15, 0.2) is 0 Å². The minimum absolute atomic E-state index is 0.0704. The van der Waals surface area contributed by atoms with Crippen LogP contribution in [0.15, 0.2) is 0 Å². The normalized spacial score (nSPS) is 11.3. The molecule has 0 aromatic rings. The minimum Gasteiger partial charge on any atom is -0.0761 e. The van der Waals surface area contributed by atoms with Crippen LogP contribution in [-0.4, -0.2) is 25.9 Å². The highest BCUT2D eigenvalue weighted by atomic mass is 29.5. The molecule has 0 aliphatic heterocycles. The molecule has 0 aliphatic carbocycles. The fourth-order valence-corrected chi connectivity index (χ4v) is 12.8. The Morgan fingerprint density at radius 2 is 1.11 bits per heavy atom. The molecule has 5 radical (unpaired) electrons. The van der Waals surface area contributed by atoms with E-state index in [9.17, 15) is 0 Å². The lowest BCUT2D eigenvalue weighted by Crippen LogP contribution is -2.25. The topological polar surface area (TPSA) is 0 Å². The highest BCUT2D eigenvalue weighted by Crippen LogP contribution is 2.13. The Balaban J connectivity index is 3.45. The molecular formula is C15H33Si3. The van der Waals surface area contributed by atoms with E-state index in [1.807, 2.05) is 0 Å². The van der Waals surface area contributed by atoms with Crippen LogP contribution in [0.1, 0.15) is 78.1 Å².